The molecule has 2 aromatic carbocycles. The number of esters is 1. The van der Waals surface area contributed by atoms with Gasteiger partial charge in [-0.3, -0.25) is 19.8 Å². The molecule has 0 radical (unpaired) electrons. The van der Waals surface area contributed by atoms with Gasteiger partial charge in [-0.1, -0.05) is 30.0 Å². The van der Waals surface area contributed by atoms with Gasteiger partial charge in [-0.25, -0.2) is 14.4 Å². The van der Waals surface area contributed by atoms with E-state index < -0.39 is 35.1 Å². The van der Waals surface area contributed by atoms with Crippen molar-refractivity contribution in [2.45, 2.75) is 50.9 Å². The normalized spacial score (nSPS) is 20.3. The van der Waals surface area contributed by atoms with Crippen LogP contribution in [0, 0.1) is 11.8 Å². The average Bonchev–Trinajstić information content (AvgIpc) is 3.35. The van der Waals surface area contributed by atoms with Crippen LogP contribution in [0.15, 0.2) is 42.5 Å². The minimum absolute atomic E-state index is 0.162. The lowest BCUT2D eigenvalue weighted by atomic mass is 9.98. The molecule has 3 heterocycles. The second-order valence-corrected chi connectivity index (χ2v) is 12.7. The zero-order valence-corrected chi connectivity index (χ0v) is 27.2. The number of nitrogens with zero attached hydrogens (tertiary/aromatic N) is 3. The fraction of sp³-hybridized carbons (Fsp3) is 0.441. The molecule has 3 aliphatic heterocycles. The van der Waals surface area contributed by atoms with Crippen LogP contribution >= 0.6 is 0 Å². The number of ether oxygens (including phenoxy) is 3. The standard InChI is InChI=1S/C34H39N5O8/c1-33(2,3)47-32(44)38-16-6-15-37(17-18-38)27(29(41)46-5)23-9-7-22(8-10-23)13-14-34(30(42)35-31(43)36-34)21-39-20-24-11-12-25(45-4)19-26(24)28(39)40/h7-12,19,27H,6,15-18,20-21H2,1-5H3,(H2,35,36,42,43). The van der Waals surface area contributed by atoms with E-state index in [-0.39, 0.29) is 25.1 Å². The van der Waals surface area contributed by atoms with Crippen molar-refractivity contribution in [1.29, 1.82) is 0 Å². The Bertz CT molecular complexity index is 1640. The maximum absolute atomic E-state index is 13.2. The number of carbonyl (C=O) groups is 5. The molecule has 2 aromatic rings. The Hall–Kier alpha value is -5.09. The third-order valence-electron chi connectivity index (χ3n) is 8.18. The van der Waals surface area contributed by atoms with E-state index in [0.717, 1.165) is 5.56 Å². The summed E-state index contributed by atoms with van der Waals surface area (Å²) in [5, 5.41) is 4.85. The predicted octanol–water partition coefficient (Wildman–Crippen LogP) is 2.44. The maximum atomic E-state index is 13.2. The molecule has 47 heavy (non-hydrogen) atoms. The number of hydrogen-bond donors (Lipinski definition) is 2. The maximum Gasteiger partial charge on any atom is 0.410 e. The zero-order chi connectivity index (χ0) is 33.9. The SMILES string of the molecule is COC(=O)C(c1ccc(C#CC2(CN3Cc4ccc(OC)cc4C3=O)NC(=O)NC2=O)cc1)N1CCCN(C(=O)OC(C)(C)C)CC1. The van der Waals surface area contributed by atoms with E-state index in [1.165, 1.54) is 19.1 Å². The second-order valence-electron chi connectivity index (χ2n) is 12.7. The number of nitrogens with one attached hydrogen (secondary N) is 2. The number of imide groups is 1. The highest BCUT2D eigenvalue weighted by molar-refractivity contribution is 6.10. The lowest BCUT2D eigenvalue weighted by Crippen LogP contribution is -2.54. The van der Waals surface area contributed by atoms with Gasteiger partial charge in [-0.15, -0.1) is 0 Å². The van der Waals surface area contributed by atoms with Gasteiger partial charge in [0.25, 0.3) is 11.8 Å². The number of methoxy groups -OCH3 is 2. The van der Waals surface area contributed by atoms with Crippen LogP contribution in [0.2, 0.25) is 0 Å². The van der Waals surface area contributed by atoms with Crippen LogP contribution in [0.5, 0.6) is 5.75 Å². The summed E-state index contributed by atoms with van der Waals surface area (Å²) in [5.74, 6) is 5.03. The summed E-state index contributed by atoms with van der Waals surface area (Å²) in [6, 6.07) is 10.7. The van der Waals surface area contributed by atoms with Crippen molar-refractivity contribution in [3.8, 4) is 17.6 Å². The number of rotatable bonds is 6. The topological polar surface area (TPSA) is 147 Å². The van der Waals surface area contributed by atoms with Gasteiger partial charge in [-0.05, 0) is 62.6 Å². The van der Waals surface area contributed by atoms with Gasteiger partial charge in [0, 0.05) is 43.9 Å². The summed E-state index contributed by atoms with van der Waals surface area (Å²) < 4.78 is 15.9. The minimum atomic E-state index is -1.67. The van der Waals surface area contributed by atoms with Gasteiger partial charge < -0.3 is 29.3 Å². The van der Waals surface area contributed by atoms with Crippen LogP contribution in [0.25, 0.3) is 0 Å². The lowest BCUT2D eigenvalue weighted by molar-refractivity contribution is -0.147. The van der Waals surface area contributed by atoms with E-state index in [1.807, 2.05) is 25.7 Å². The highest BCUT2D eigenvalue weighted by atomic mass is 16.6. The van der Waals surface area contributed by atoms with E-state index in [9.17, 15) is 24.0 Å². The number of benzene rings is 2. The molecule has 2 N–H and O–H groups in total. The average molecular weight is 646 g/mol. The molecule has 2 atom stereocenters. The quantitative estimate of drug-likeness (QED) is 0.275. The molecule has 2 saturated heterocycles. The predicted molar refractivity (Wildman–Crippen MR) is 169 cm³/mol. The van der Waals surface area contributed by atoms with E-state index >= 15 is 0 Å². The largest absolute Gasteiger partial charge is 0.497 e. The molecule has 3 aliphatic rings. The molecule has 2 unspecified atom stereocenters. The van der Waals surface area contributed by atoms with Crippen molar-refractivity contribution in [3.63, 3.8) is 0 Å². The third-order valence-corrected chi connectivity index (χ3v) is 8.18. The Balaban J connectivity index is 1.33. The van der Waals surface area contributed by atoms with Crippen molar-refractivity contribution < 1.29 is 38.2 Å². The molecule has 0 spiro atoms. The number of carbonyl (C=O) groups excluding carboxylic acids is 5. The summed E-state index contributed by atoms with van der Waals surface area (Å²) in [5.41, 5.74) is 0.166. The summed E-state index contributed by atoms with van der Waals surface area (Å²) in [7, 11) is 2.85. The van der Waals surface area contributed by atoms with E-state index in [0.29, 0.717) is 55.0 Å². The molecule has 0 aliphatic carbocycles. The monoisotopic (exact) mass is 645 g/mol. The van der Waals surface area contributed by atoms with Crippen LogP contribution in [0.1, 0.15) is 60.3 Å². The van der Waals surface area contributed by atoms with E-state index in [4.69, 9.17) is 14.2 Å². The Labute approximate surface area is 273 Å². The molecule has 0 bridgehead atoms. The van der Waals surface area contributed by atoms with Gasteiger partial charge in [0.05, 0.1) is 20.8 Å². The molecule has 13 nitrogen and oxygen atoms in total. The van der Waals surface area contributed by atoms with Crippen LogP contribution < -0.4 is 15.4 Å². The molecular formula is C34H39N5O8. The first-order valence-corrected chi connectivity index (χ1v) is 15.4. The number of hydrogen-bond acceptors (Lipinski definition) is 9. The molecule has 5 rings (SSSR count). The van der Waals surface area contributed by atoms with Crippen molar-refractivity contribution in [3.05, 3.63) is 64.7 Å². The first-order valence-electron chi connectivity index (χ1n) is 15.4. The van der Waals surface area contributed by atoms with Gasteiger partial charge in [0.1, 0.15) is 17.4 Å². The van der Waals surface area contributed by atoms with Crippen LogP contribution in [-0.2, 0) is 25.6 Å². The minimum Gasteiger partial charge on any atom is -0.497 e. The Morgan fingerprint density at radius 3 is 2.38 bits per heavy atom. The molecule has 0 aromatic heterocycles. The van der Waals surface area contributed by atoms with Gasteiger partial charge >= 0.3 is 18.1 Å². The van der Waals surface area contributed by atoms with Crippen molar-refractivity contribution in [2.75, 3.05) is 46.9 Å². The highest BCUT2D eigenvalue weighted by Gasteiger charge is 2.48. The first kappa shape index (κ1) is 33.3. The Morgan fingerprint density at radius 1 is 1.00 bits per heavy atom. The fourth-order valence-electron chi connectivity index (χ4n) is 5.85. The summed E-state index contributed by atoms with van der Waals surface area (Å²) in [4.78, 5) is 69.2. The number of fused-ring (bicyclic) bond motifs is 1. The van der Waals surface area contributed by atoms with Crippen LogP contribution in [0.3, 0.4) is 0 Å². The second kappa shape index (κ2) is 13.3. The summed E-state index contributed by atoms with van der Waals surface area (Å²) >= 11 is 0. The molecular weight excluding hydrogens is 606 g/mol. The molecule has 248 valence electrons. The molecule has 5 amide bonds. The summed E-state index contributed by atoms with van der Waals surface area (Å²) in [6.07, 6.45) is 0.255. The van der Waals surface area contributed by atoms with Gasteiger partial charge in [-0.2, -0.15) is 0 Å². The van der Waals surface area contributed by atoms with Gasteiger partial charge in [0.2, 0.25) is 5.54 Å². The first-order chi connectivity index (χ1) is 22.3. The number of amides is 5. The van der Waals surface area contributed by atoms with Gasteiger partial charge in [0.15, 0.2) is 0 Å². The summed E-state index contributed by atoms with van der Waals surface area (Å²) in [6.45, 7) is 7.43. The fourth-order valence-corrected chi connectivity index (χ4v) is 5.85. The van der Waals surface area contributed by atoms with Crippen molar-refractivity contribution in [2.24, 2.45) is 0 Å². The smallest absolute Gasteiger partial charge is 0.410 e. The molecule has 2 fully saturated rings. The van der Waals surface area contributed by atoms with E-state index in [2.05, 4.69) is 22.5 Å². The van der Waals surface area contributed by atoms with Crippen molar-refractivity contribution >= 4 is 29.9 Å². The Kier molecular flexibility index (Phi) is 9.44. The third kappa shape index (κ3) is 7.33. The highest BCUT2D eigenvalue weighted by Crippen LogP contribution is 2.29. The van der Waals surface area contributed by atoms with E-state index in [1.54, 1.807) is 47.4 Å². The molecule has 0 saturated carbocycles. The molecule has 13 heteroatoms. The van der Waals surface area contributed by atoms with Crippen LogP contribution in [0.4, 0.5) is 9.59 Å². The Morgan fingerprint density at radius 2 is 1.74 bits per heavy atom. The van der Waals surface area contributed by atoms with Crippen molar-refractivity contribution in [1.82, 2.24) is 25.3 Å². The lowest BCUT2D eigenvalue weighted by Gasteiger charge is -2.29. The zero-order valence-electron chi connectivity index (χ0n) is 27.2. The number of urea groups is 1. The van der Waals surface area contributed by atoms with Crippen LogP contribution in [-0.4, -0.2) is 103 Å².